The Morgan fingerprint density at radius 3 is 2.94 bits per heavy atom. The van der Waals surface area contributed by atoms with Crippen molar-refractivity contribution in [3.05, 3.63) is 34.3 Å². The fourth-order valence-corrected chi connectivity index (χ4v) is 2.13. The van der Waals surface area contributed by atoms with Gasteiger partial charge < -0.3 is 4.74 Å². The van der Waals surface area contributed by atoms with Crippen molar-refractivity contribution in [1.82, 2.24) is 4.90 Å². The highest BCUT2D eigenvalue weighted by Crippen LogP contribution is 2.12. The van der Waals surface area contributed by atoms with Crippen molar-refractivity contribution in [1.29, 1.82) is 0 Å². The van der Waals surface area contributed by atoms with Crippen molar-refractivity contribution in [3.63, 3.8) is 0 Å². The second-order valence-electron chi connectivity index (χ2n) is 4.19. The van der Waals surface area contributed by atoms with Crippen LogP contribution in [0, 0.1) is 0 Å². The van der Waals surface area contributed by atoms with Gasteiger partial charge in [0.2, 0.25) is 0 Å². The van der Waals surface area contributed by atoms with Crippen LogP contribution in [0.3, 0.4) is 0 Å². The van der Waals surface area contributed by atoms with Gasteiger partial charge in [0.05, 0.1) is 12.7 Å². The van der Waals surface area contributed by atoms with Gasteiger partial charge >= 0.3 is 0 Å². The smallest absolute Gasteiger partial charge is 0.0674 e. The lowest BCUT2D eigenvalue weighted by molar-refractivity contribution is -0.0177. The summed E-state index contributed by atoms with van der Waals surface area (Å²) >= 11 is 3.42. The van der Waals surface area contributed by atoms with E-state index in [1.165, 1.54) is 5.56 Å². The van der Waals surface area contributed by atoms with Crippen molar-refractivity contribution < 1.29 is 6.11 Å². The highest BCUT2D eigenvalue weighted by Gasteiger charge is 2.15. The van der Waals surface area contributed by atoms with Crippen molar-refractivity contribution in [2.24, 2.45) is 0 Å². The second kappa shape index (κ2) is 5.80. The number of morpholine rings is 1. The first-order chi connectivity index (χ1) is 8.15. The second-order valence-corrected chi connectivity index (χ2v) is 5.11. The van der Waals surface area contributed by atoms with Gasteiger partial charge in [0.15, 0.2) is 0 Å². The Bertz CT molecular complexity index is 357. The SMILES string of the molecule is [2H]C(Cc1ccc(Br)cc1)N1CCOC(C)C1. The van der Waals surface area contributed by atoms with E-state index >= 15 is 0 Å². The Hall–Kier alpha value is -0.380. The van der Waals surface area contributed by atoms with Crippen LogP contribution in [0.1, 0.15) is 13.9 Å². The number of hydrogen-bond donors (Lipinski definition) is 0. The van der Waals surface area contributed by atoms with Gasteiger partial charge in [0.1, 0.15) is 0 Å². The quantitative estimate of drug-likeness (QED) is 0.846. The van der Waals surface area contributed by atoms with Crippen LogP contribution in [0.25, 0.3) is 0 Å². The first-order valence-electron chi connectivity index (χ1n) is 6.25. The fraction of sp³-hybridized carbons (Fsp3) is 0.538. The van der Waals surface area contributed by atoms with Crippen molar-refractivity contribution in [2.75, 3.05) is 26.2 Å². The molecule has 1 aliphatic rings. The summed E-state index contributed by atoms with van der Waals surface area (Å²) in [6.07, 6.45) is 1.03. The predicted octanol–water partition coefficient (Wildman–Crippen LogP) is 2.71. The molecule has 16 heavy (non-hydrogen) atoms. The van der Waals surface area contributed by atoms with Crippen LogP contribution in [0.2, 0.25) is 0 Å². The standard InChI is InChI=1S/C13H18BrNO/c1-11-10-15(8-9-16-11)7-6-12-2-4-13(14)5-3-12/h2-5,11H,6-10H2,1H3/i7D. The van der Waals surface area contributed by atoms with Gasteiger partial charge in [0, 0.05) is 25.5 Å². The maximum Gasteiger partial charge on any atom is 0.0674 e. The molecule has 2 nitrogen and oxygen atoms in total. The molecule has 2 rings (SSSR count). The summed E-state index contributed by atoms with van der Waals surface area (Å²) in [5, 5.41) is 0. The van der Waals surface area contributed by atoms with Crippen molar-refractivity contribution >= 4 is 15.9 Å². The first-order valence-corrected chi connectivity index (χ1v) is 6.47. The third-order valence-electron chi connectivity index (χ3n) is 2.77. The van der Waals surface area contributed by atoms with Gasteiger partial charge in [-0.2, -0.15) is 0 Å². The van der Waals surface area contributed by atoms with E-state index in [1.54, 1.807) is 0 Å². The van der Waals surface area contributed by atoms with E-state index in [-0.39, 0.29) is 12.6 Å². The zero-order valence-corrected chi connectivity index (χ0v) is 11.1. The van der Waals surface area contributed by atoms with Crippen LogP contribution in [-0.2, 0) is 11.2 Å². The van der Waals surface area contributed by atoms with Gasteiger partial charge in [-0.3, -0.25) is 4.90 Å². The molecule has 0 radical (unpaired) electrons. The molecule has 1 fully saturated rings. The van der Waals surface area contributed by atoms with Gasteiger partial charge in [-0.15, -0.1) is 0 Å². The molecular weight excluding hydrogens is 266 g/mol. The molecule has 1 saturated heterocycles. The molecule has 0 bridgehead atoms. The summed E-state index contributed by atoms with van der Waals surface area (Å²) in [4.78, 5) is 2.19. The lowest BCUT2D eigenvalue weighted by Gasteiger charge is -2.31. The topological polar surface area (TPSA) is 12.5 Å². The lowest BCUT2D eigenvalue weighted by atomic mass is 10.1. The zero-order chi connectivity index (χ0) is 12.3. The number of hydrogen-bond acceptors (Lipinski definition) is 2. The van der Waals surface area contributed by atoms with E-state index in [1.807, 2.05) is 12.1 Å². The zero-order valence-electron chi connectivity index (χ0n) is 10.5. The number of nitrogens with zero attached hydrogens (tertiary/aromatic N) is 1. The Morgan fingerprint density at radius 2 is 2.25 bits per heavy atom. The fourth-order valence-electron chi connectivity index (χ4n) is 1.87. The summed E-state index contributed by atoms with van der Waals surface area (Å²) in [5.41, 5.74) is 1.22. The summed E-state index contributed by atoms with van der Waals surface area (Å²) in [6, 6.07) is 8.22. The van der Waals surface area contributed by atoms with Crippen LogP contribution in [0.5, 0.6) is 0 Å². The predicted molar refractivity (Wildman–Crippen MR) is 69.7 cm³/mol. The number of benzene rings is 1. The van der Waals surface area contributed by atoms with Crippen molar-refractivity contribution in [2.45, 2.75) is 19.4 Å². The molecule has 88 valence electrons. The van der Waals surface area contributed by atoms with Crippen LogP contribution in [0.4, 0.5) is 0 Å². The first kappa shape index (κ1) is 10.8. The minimum Gasteiger partial charge on any atom is -0.376 e. The Kier molecular flexibility index (Phi) is 3.90. The minimum absolute atomic E-state index is 0.164. The van der Waals surface area contributed by atoms with Crippen LogP contribution in [0.15, 0.2) is 28.7 Å². The molecule has 0 aliphatic carbocycles. The molecule has 2 unspecified atom stereocenters. The molecule has 2 atom stereocenters. The van der Waals surface area contributed by atoms with E-state index in [0.29, 0.717) is 0 Å². The van der Waals surface area contributed by atoms with Crippen molar-refractivity contribution in [3.8, 4) is 0 Å². The van der Waals surface area contributed by atoms with Crippen LogP contribution >= 0.6 is 15.9 Å². The molecule has 1 aliphatic heterocycles. The molecule has 1 aromatic rings. The summed E-state index contributed by atoms with van der Waals surface area (Å²) in [7, 11) is 0. The van der Waals surface area contributed by atoms with E-state index in [9.17, 15) is 0 Å². The van der Waals surface area contributed by atoms with Crippen LogP contribution in [-0.4, -0.2) is 37.2 Å². The summed E-state index contributed by atoms with van der Waals surface area (Å²) in [5.74, 6) is 0. The molecule has 1 heterocycles. The van der Waals surface area contributed by atoms with Gasteiger partial charge in [-0.25, -0.2) is 0 Å². The molecule has 0 spiro atoms. The maximum absolute atomic E-state index is 8.21. The molecule has 1 aromatic carbocycles. The third kappa shape index (κ3) is 3.58. The average molecular weight is 285 g/mol. The van der Waals surface area contributed by atoms with Crippen LogP contribution < -0.4 is 0 Å². The highest BCUT2D eigenvalue weighted by molar-refractivity contribution is 9.10. The Balaban J connectivity index is 1.91. The summed E-state index contributed by atoms with van der Waals surface area (Å²) < 4.78 is 14.8. The molecule has 0 amide bonds. The normalized spacial score (nSPS) is 25.1. The Morgan fingerprint density at radius 1 is 1.50 bits per heavy atom. The third-order valence-corrected chi connectivity index (χ3v) is 3.30. The van der Waals surface area contributed by atoms with Gasteiger partial charge in [-0.05, 0) is 31.0 Å². The molecule has 0 N–H and O–H groups in total. The lowest BCUT2D eigenvalue weighted by Crippen LogP contribution is -2.41. The highest BCUT2D eigenvalue weighted by atomic mass is 79.9. The molecule has 3 heteroatoms. The summed E-state index contributed by atoms with van der Waals surface area (Å²) in [6.45, 7) is 4.39. The van der Waals surface area contributed by atoms with Gasteiger partial charge in [-0.1, -0.05) is 28.1 Å². The molecule has 0 aromatic heterocycles. The van der Waals surface area contributed by atoms with E-state index in [0.717, 1.165) is 30.6 Å². The maximum atomic E-state index is 8.21. The average Bonchev–Trinajstić information content (AvgIpc) is 2.32. The monoisotopic (exact) mass is 284 g/mol. The number of aryl methyl sites for hydroxylation is 1. The number of ether oxygens (including phenoxy) is 1. The Labute approximate surface area is 107 Å². The number of rotatable bonds is 3. The number of halogens is 1. The largest absolute Gasteiger partial charge is 0.376 e. The molecule has 0 saturated carbocycles. The van der Waals surface area contributed by atoms with Gasteiger partial charge in [0.25, 0.3) is 0 Å². The minimum atomic E-state index is -0.164. The van der Waals surface area contributed by atoms with E-state index in [4.69, 9.17) is 6.11 Å². The molecular formula is C13H18BrNO. The van der Waals surface area contributed by atoms with E-state index < -0.39 is 0 Å². The van der Waals surface area contributed by atoms with E-state index in [2.05, 4.69) is 39.9 Å².